The van der Waals surface area contributed by atoms with Gasteiger partial charge in [-0.25, -0.2) is 0 Å². The smallest absolute Gasteiger partial charge is 0.220 e. The van der Waals surface area contributed by atoms with E-state index in [1.807, 2.05) is 24.3 Å². The fourth-order valence-electron chi connectivity index (χ4n) is 2.19. The lowest BCUT2D eigenvalue weighted by atomic mass is 10.1. The number of rotatable bonds is 10. The summed E-state index contributed by atoms with van der Waals surface area (Å²) in [6, 6.07) is 7.78. The summed E-state index contributed by atoms with van der Waals surface area (Å²) in [6.07, 6.45) is 8.80. The summed E-state index contributed by atoms with van der Waals surface area (Å²) in [4.78, 5) is 11.7. The van der Waals surface area contributed by atoms with Gasteiger partial charge in [-0.3, -0.25) is 4.79 Å². The van der Waals surface area contributed by atoms with Crippen LogP contribution < -0.4 is 5.32 Å². The van der Waals surface area contributed by atoms with E-state index in [4.69, 9.17) is 11.6 Å². The molecule has 0 saturated heterocycles. The molecule has 0 unspecified atom stereocenters. The molecule has 0 spiro atoms. The number of benzene rings is 1. The Bertz CT molecular complexity index is 392. The van der Waals surface area contributed by atoms with Gasteiger partial charge in [0.1, 0.15) is 0 Å². The molecular weight excluding hydrogens is 270 g/mol. The first-order valence-corrected chi connectivity index (χ1v) is 8.11. The molecule has 0 aromatic heterocycles. The highest BCUT2D eigenvalue weighted by Gasteiger charge is 2.01. The summed E-state index contributed by atoms with van der Waals surface area (Å²) in [5, 5.41) is 3.72. The maximum atomic E-state index is 11.7. The highest BCUT2D eigenvalue weighted by Crippen LogP contribution is 2.11. The second kappa shape index (κ2) is 10.7. The number of carbonyl (C=O) groups is 1. The molecule has 0 heterocycles. The Balaban J connectivity index is 2.03. The van der Waals surface area contributed by atoms with Crippen molar-refractivity contribution in [2.45, 2.75) is 58.3 Å². The minimum absolute atomic E-state index is 0.169. The van der Waals surface area contributed by atoms with Crippen LogP contribution in [0.1, 0.15) is 57.4 Å². The van der Waals surface area contributed by atoms with Crippen LogP contribution in [0, 0.1) is 0 Å². The Morgan fingerprint density at radius 3 is 2.65 bits per heavy atom. The first kappa shape index (κ1) is 17.0. The molecule has 0 aliphatic rings. The van der Waals surface area contributed by atoms with Crippen LogP contribution in [0.3, 0.4) is 0 Å². The average molecular weight is 296 g/mol. The molecule has 0 radical (unpaired) electrons. The number of amides is 1. The topological polar surface area (TPSA) is 29.1 Å². The van der Waals surface area contributed by atoms with Crippen LogP contribution in [0.5, 0.6) is 0 Å². The van der Waals surface area contributed by atoms with Crippen LogP contribution >= 0.6 is 11.6 Å². The molecule has 2 nitrogen and oxygen atoms in total. The zero-order valence-corrected chi connectivity index (χ0v) is 13.2. The molecule has 0 aliphatic carbocycles. The van der Waals surface area contributed by atoms with Gasteiger partial charge in [0, 0.05) is 18.0 Å². The Morgan fingerprint density at radius 2 is 1.90 bits per heavy atom. The van der Waals surface area contributed by atoms with E-state index < -0.39 is 0 Å². The van der Waals surface area contributed by atoms with Crippen LogP contribution in [0.15, 0.2) is 24.3 Å². The molecule has 1 aromatic carbocycles. The SMILES string of the molecule is CCCCCCCCC(=O)NCCc1cccc(Cl)c1. The van der Waals surface area contributed by atoms with E-state index in [9.17, 15) is 4.79 Å². The van der Waals surface area contributed by atoms with Crippen molar-refractivity contribution < 1.29 is 4.79 Å². The van der Waals surface area contributed by atoms with E-state index in [-0.39, 0.29) is 5.91 Å². The zero-order chi connectivity index (χ0) is 14.6. The molecule has 0 bridgehead atoms. The third kappa shape index (κ3) is 8.21. The van der Waals surface area contributed by atoms with Crippen LogP contribution in [0.2, 0.25) is 5.02 Å². The van der Waals surface area contributed by atoms with Crippen molar-refractivity contribution in [2.75, 3.05) is 6.54 Å². The number of hydrogen-bond acceptors (Lipinski definition) is 1. The van der Waals surface area contributed by atoms with Crippen molar-refractivity contribution >= 4 is 17.5 Å². The molecule has 1 rings (SSSR count). The molecular formula is C17H26ClNO. The summed E-state index contributed by atoms with van der Waals surface area (Å²) in [5.74, 6) is 0.169. The van der Waals surface area contributed by atoms with Crippen molar-refractivity contribution in [1.29, 1.82) is 0 Å². The second-order valence-electron chi connectivity index (χ2n) is 5.25. The fourth-order valence-corrected chi connectivity index (χ4v) is 2.41. The van der Waals surface area contributed by atoms with Crippen LogP contribution in [-0.2, 0) is 11.2 Å². The summed E-state index contributed by atoms with van der Waals surface area (Å²) < 4.78 is 0. The van der Waals surface area contributed by atoms with Crippen molar-refractivity contribution in [3.8, 4) is 0 Å². The summed E-state index contributed by atoms with van der Waals surface area (Å²) in [6.45, 7) is 2.91. The molecule has 20 heavy (non-hydrogen) atoms. The van der Waals surface area contributed by atoms with Crippen molar-refractivity contribution in [1.82, 2.24) is 5.32 Å². The van der Waals surface area contributed by atoms with E-state index in [1.165, 1.54) is 32.1 Å². The Morgan fingerprint density at radius 1 is 1.15 bits per heavy atom. The summed E-state index contributed by atoms with van der Waals surface area (Å²) in [5.41, 5.74) is 1.16. The highest BCUT2D eigenvalue weighted by atomic mass is 35.5. The first-order valence-electron chi connectivity index (χ1n) is 7.73. The number of hydrogen-bond donors (Lipinski definition) is 1. The molecule has 112 valence electrons. The molecule has 0 atom stereocenters. The number of halogens is 1. The van der Waals surface area contributed by atoms with E-state index in [2.05, 4.69) is 12.2 Å². The molecule has 0 saturated carbocycles. The lowest BCUT2D eigenvalue weighted by molar-refractivity contribution is -0.121. The normalized spacial score (nSPS) is 10.5. The number of nitrogens with one attached hydrogen (secondary N) is 1. The largest absolute Gasteiger partial charge is 0.356 e. The van der Waals surface area contributed by atoms with Gasteiger partial charge in [0.05, 0.1) is 0 Å². The van der Waals surface area contributed by atoms with Gasteiger partial charge in [-0.1, -0.05) is 62.8 Å². The van der Waals surface area contributed by atoms with Gasteiger partial charge < -0.3 is 5.32 Å². The Labute approximate surface area is 127 Å². The fraction of sp³-hybridized carbons (Fsp3) is 0.588. The van der Waals surface area contributed by atoms with Gasteiger partial charge in [0.15, 0.2) is 0 Å². The van der Waals surface area contributed by atoms with Gasteiger partial charge >= 0.3 is 0 Å². The lowest BCUT2D eigenvalue weighted by Crippen LogP contribution is -2.25. The lowest BCUT2D eigenvalue weighted by Gasteiger charge is -2.06. The van der Waals surface area contributed by atoms with E-state index in [0.717, 1.165) is 23.4 Å². The Hall–Kier alpha value is -1.02. The van der Waals surface area contributed by atoms with E-state index in [1.54, 1.807) is 0 Å². The zero-order valence-electron chi connectivity index (χ0n) is 12.5. The maximum Gasteiger partial charge on any atom is 0.220 e. The second-order valence-corrected chi connectivity index (χ2v) is 5.68. The standard InChI is InChI=1S/C17H26ClNO/c1-2-3-4-5-6-7-11-17(20)19-13-12-15-9-8-10-16(18)14-15/h8-10,14H,2-7,11-13H2,1H3,(H,19,20). The average Bonchev–Trinajstić information content (AvgIpc) is 2.43. The third-order valence-corrected chi connectivity index (χ3v) is 3.62. The van der Waals surface area contributed by atoms with Gasteiger partial charge in [-0.2, -0.15) is 0 Å². The van der Waals surface area contributed by atoms with Crippen LogP contribution in [0.25, 0.3) is 0 Å². The van der Waals surface area contributed by atoms with Gasteiger partial charge in [0.2, 0.25) is 5.91 Å². The predicted molar refractivity (Wildman–Crippen MR) is 86.2 cm³/mol. The van der Waals surface area contributed by atoms with Gasteiger partial charge in [0.25, 0.3) is 0 Å². The van der Waals surface area contributed by atoms with Crippen molar-refractivity contribution in [2.24, 2.45) is 0 Å². The minimum Gasteiger partial charge on any atom is -0.356 e. The van der Waals surface area contributed by atoms with Gasteiger partial charge in [-0.15, -0.1) is 0 Å². The van der Waals surface area contributed by atoms with E-state index >= 15 is 0 Å². The maximum absolute atomic E-state index is 11.7. The summed E-state index contributed by atoms with van der Waals surface area (Å²) in [7, 11) is 0. The number of unbranched alkanes of at least 4 members (excludes halogenated alkanes) is 5. The van der Waals surface area contributed by atoms with E-state index in [0.29, 0.717) is 13.0 Å². The van der Waals surface area contributed by atoms with Crippen LogP contribution in [0.4, 0.5) is 0 Å². The molecule has 3 heteroatoms. The minimum atomic E-state index is 0.169. The quantitative estimate of drug-likeness (QED) is 0.620. The third-order valence-electron chi connectivity index (χ3n) is 3.38. The van der Waals surface area contributed by atoms with Crippen LogP contribution in [-0.4, -0.2) is 12.5 Å². The molecule has 1 N–H and O–H groups in total. The highest BCUT2D eigenvalue weighted by molar-refractivity contribution is 6.30. The van der Waals surface area contributed by atoms with Crippen molar-refractivity contribution in [3.63, 3.8) is 0 Å². The molecule has 0 fully saturated rings. The molecule has 1 amide bonds. The Kier molecular flexibility index (Phi) is 9.14. The molecule has 1 aromatic rings. The van der Waals surface area contributed by atoms with Crippen molar-refractivity contribution in [3.05, 3.63) is 34.9 Å². The molecule has 0 aliphatic heterocycles. The summed E-state index contributed by atoms with van der Waals surface area (Å²) >= 11 is 5.92. The van der Waals surface area contributed by atoms with Gasteiger partial charge in [-0.05, 0) is 30.5 Å². The first-order chi connectivity index (χ1) is 9.72. The monoisotopic (exact) mass is 295 g/mol. The predicted octanol–water partition coefficient (Wildman–Crippen LogP) is 4.75. The number of carbonyl (C=O) groups excluding carboxylic acids is 1.